The van der Waals surface area contributed by atoms with Crippen molar-refractivity contribution in [1.82, 2.24) is 10.2 Å². The molecule has 2 rings (SSSR count). The second kappa shape index (κ2) is 8.22. The first kappa shape index (κ1) is 15.1. The second-order valence-corrected chi connectivity index (χ2v) is 4.45. The largest absolute Gasteiger partial charge is 0.315 e. The Labute approximate surface area is 110 Å². The highest BCUT2D eigenvalue weighted by Crippen LogP contribution is 2.13. The molecule has 1 aliphatic rings. The fourth-order valence-electron chi connectivity index (χ4n) is 2.11. The quantitative estimate of drug-likeness (QED) is 0.870. The molecule has 1 aromatic carbocycles. The van der Waals surface area contributed by atoms with Crippen LogP contribution in [0.25, 0.3) is 0 Å². The molecule has 0 bridgehead atoms. The topological polar surface area (TPSA) is 15.3 Å². The lowest BCUT2D eigenvalue weighted by molar-refractivity contribution is 0.283. The van der Waals surface area contributed by atoms with Crippen molar-refractivity contribution in [3.8, 4) is 0 Å². The van der Waals surface area contributed by atoms with Gasteiger partial charge in [0, 0.05) is 19.6 Å². The smallest absolute Gasteiger partial charge is 0.123 e. The van der Waals surface area contributed by atoms with Crippen LogP contribution >= 0.6 is 0 Å². The molecule has 0 saturated carbocycles. The Hall–Kier alpha value is -0.930. The van der Waals surface area contributed by atoms with Gasteiger partial charge in [0.05, 0.1) is 0 Å². The summed E-state index contributed by atoms with van der Waals surface area (Å²) in [5.41, 5.74) is 2.29. The van der Waals surface area contributed by atoms with Crippen molar-refractivity contribution in [1.29, 1.82) is 0 Å². The zero-order valence-corrected chi connectivity index (χ0v) is 11.8. The van der Waals surface area contributed by atoms with Gasteiger partial charge in [-0.2, -0.15) is 0 Å². The molecule has 0 aliphatic carbocycles. The summed E-state index contributed by atoms with van der Waals surface area (Å²) < 4.78 is 13.2. The van der Waals surface area contributed by atoms with E-state index in [1.807, 2.05) is 26.8 Å². The minimum Gasteiger partial charge on any atom is -0.315 e. The van der Waals surface area contributed by atoms with Crippen LogP contribution in [0, 0.1) is 12.7 Å². The predicted octanol–water partition coefficient (Wildman–Crippen LogP) is 2.96. The minimum absolute atomic E-state index is 0.131. The van der Waals surface area contributed by atoms with Crippen molar-refractivity contribution >= 4 is 0 Å². The van der Waals surface area contributed by atoms with E-state index in [1.165, 1.54) is 18.1 Å². The summed E-state index contributed by atoms with van der Waals surface area (Å²) in [6.07, 6.45) is 1.17. The molecule has 0 aromatic heterocycles. The Morgan fingerprint density at radius 3 is 2.78 bits per heavy atom. The van der Waals surface area contributed by atoms with Crippen LogP contribution in [-0.4, -0.2) is 31.1 Å². The van der Waals surface area contributed by atoms with E-state index in [9.17, 15) is 4.39 Å². The van der Waals surface area contributed by atoms with Gasteiger partial charge in [0.2, 0.25) is 0 Å². The summed E-state index contributed by atoms with van der Waals surface area (Å²) in [6.45, 7) is 11.2. The summed E-state index contributed by atoms with van der Waals surface area (Å²) in [4.78, 5) is 2.39. The van der Waals surface area contributed by atoms with Crippen LogP contribution < -0.4 is 5.32 Å². The summed E-state index contributed by atoms with van der Waals surface area (Å²) >= 11 is 0. The number of aryl methyl sites for hydroxylation is 1. The molecule has 3 heteroatoms. The average Bonchev–Trinajstić information content (AvgIpc) is 2.65. The van der Waals surface area contributed by atoms with E-state index in [1.54, 1.807) is 6.07 Å². The van der Waals surface area contributed by atoms with Gasteiger partial charge in [-0.3, -0.25) is 4.90 Å². The Morgan fingerprint density at radius 1 is 1.22 bits per heavy atom. The Balaban J connectivity index is 0.000000771. The van der Waals surface area contributed by atoms with Gasteiger partial charge in [0.1, 0.15) is 5.82 Å². The Bertz CT molecular complexity index is 344. The normalized spacial score (nSPS) is 16.7. The number of nitrogens with one attached hydrogen (secondary N) is 1. The average molecular weight is 252 g/mol. The molecule has 1 N–H and O–H groups in total. The van der Waals surface area contributed by atoms with Gasteiger partial charge in [0.25, 0.3) is 0 Å². The van der Waals surface area contributed by atoms with Gasteiger partial charge in [-0.1, -0.05) is 19.9 Å². The number of benzene rings is 1. The number of hydrogen-bond acceptors (Lipinski definition) is 2. The minimum atomic E-state index is -0.131. The van der Waals surface area contributed by atoms with Gasteiger partial charge in [-0.15, -0.1) is 0 Å². The molecule has 1 fully saturated rings. The molecule has 1 aromatic rings. The van der Waals surface area contributed by atoms with E-state index >= 15 is 0 Å². The van der Waals surface area contributed by atoms with Crippen molar-refractivity contribution in [2.45, 2.75) is 33.7 Å². The maximum atomic E-state index is 13.2. The lowest BCUT2D eigenvalue weighted by Gasteiger charge is -2.20. The van der Waals surface area contributed by atoms with Gasteiger partial charge < -0.3 is 5.32 Å². The van der Waals surface area contributed by atoms with Crippen LogP contribution in [0.5, 0.6) is 0 Å². The van der Waals surface area contributed by atoms with Crippen molar-refractivity contribution in [3.63, 3.8) is 0 Å². The summed E-state index contributed by atoms with van der Waals surface area (Å²) in [7, 11) is 0. The molecule has 18 heavy (non-hydrogen) atoms. The Morgan fingerprint density at radius 2 is 2.00 bits per heavy atom. The van der Waals surface area contributed by atoms with Gasteiger partial charge >= 0.3 is 0 Å². The maximum Gasteiger partial charge on any atom is 0.123 e. The molecule has 2 nitrogen and oxygen atoms in total. The zero-order chi connectivity index (χ0) is 13.4. The molecule has 0 unspecified atom stereocenters. The van der Waals surface area contributed by atoms with E-state index in [4.69, 9.17) is 0 Å². The summed E-state index contributed by atoms with van der Waals surface area (Å²) in [6, 6.07) is 5.05. The molecule has 1 aliphatic heterocycles. The monoisotopic (exact) mass is 252 g/mol. The molecule has 1 saturated heterocycles. The number of hydrogen-bond donors (Lipinski definition) is 1. The second-order valence-electron chi connectivity index (χ2n) is 4.45. The van der Waals surface area contributed by atoms with Crippen LogP contribution in [0.4, 0.5) is 4.39 Å². The molecule has 0 atom stereocenters. The van der Waals surface area contributed by atoms with E-state index in [-0.39, 0.29) is 5.82 Å². The molecule has 0 spiro atoms. The first-order valence-electron chi connectivity index (χ1n) is 6.94. The zero-order valence-electron chi connectivity index (χ0n) is 11.8. The van der Waals surface area contributed by atoms with Crippen LogP contribution in [0.15, 0.2) is 18.2 Å². The van der Waals surface area contributed by atoms with E-state index < -0.39 is 0 Å². The van der Waals surface area contributed by atoms with Crippen molar-refractivity contribution < 1.29 is 4.39 Å². The van der Waals surface area contributed by atoms with E-state index in [0.717, 1.165) is 38.3 Å². The van der Waals surface area contributed by atoms with E-state index in [2.05, 4.69) is 10.2 Å². The number of rotatable bonds is 2. The SMILES string of the molecule is CC.Cc1ccc(F)cc1CN1CCCNCC1. The third kappa shape index (κ3) is 4.75. The van der Waals surface area contributed by atoms with Gasteiger partial charge in [-0.25, -0.2) is 4.39 Å². The van der Waals surface area contributed by atoms with Crippen molar-refractivity contribution in [2.75, 3.05) is 26.2 Å². The summed E-state index contributed by atoms with van der Waals surface area (Å²) in [5, 5.41) is 3.37. The van der Waals surface area contributed by atoms with Crippen LogP contribution in [0.2, 0.25) is 0 Å². The van der Waals surface area contributed by atoms with Crippen LogP contribution in [0.3, 0.4) is 0 Å². The fraction of sp³-hybridized carbons (Fsp3) is 0.600. The van der Waals surface area contributed by atoms with Crippen molar-refractivity contribution in [2.24, 2.45) is 0 Å². The highest BCUT2D eigenvalue weighted by atomic mass is 19.1. The molecule has 1 heterocycles. The fourth-order valence-corrected chi connectivity index (χ4v) is 2.11. The first-order chi connectivity index (χ1) is 8.75. The summed E-state index contributed by atoms with van der Waals surface area (Å²) in [5.74, 6) is -0.131. The lowest BCUT2D eigenvalue weighted by atomic mass is 10.1. The van der Waals surface area contributed by atoms with Crippen LogP contribution in [0.1, 0.15) is 31.4 Å². The van der Waals surface area contributed by atoms with Gasteiger partial charge in [-0.05, 0) is 49.7 Å². The molecule has 0 amide bonds. The maximum absolute atomic E-state index is 13.2. The molecule has 102 valence electrons. The first-order valence-corrected chi connectivity index (χ1v) is 6.94. The third-order valence-corrected chi connectivity index (χ3v) is 3.14. The van der Waals surface area contributed by atoms with Crippen LogP contribution in [-0.2, 0) is 6.54 Å². The molecular weight excluding hydrogens is 227 g/mol. The molecule has 0 radical (unpaired) electrons. The molecular formula is C15H25FN2. The van der Waals surface area contributed by atoms with E-state index in [0.29, 0.717) is 0 Å². The Kier molecular flexibility index (Phi) is 6.91. The predicted molar refractivity (Wildman–Crippen MR) is 75.2 cm³/mol. The van der Waals surface area contributed by atoms with Crippen molar-refractivity contribution in [3.05, 3.63) is 35.1 Å². The van der Waals surface area contributed by atoms with Gasteiger partial charge in [0.15, 0.2) is 0 Å². The number of nitrogens with zero attached hydrogens (tertiary/aromatic N) is 1. The lowest BCUT2D eigenvalue weighted by Crippen LogP contribution is -2.27. The number of halogens is 1. The highest BCUT2D eigenvalue weighted by molar-refractivity contribution is 5.26. The highest BCUT2D eigenvalue weighted by Gasteiger charge is 2.10. The third-order valence-electron chi connectivity index (χ3n) is 3.14. The standard InChI is InChI=1S/C13H19FN2.C2H6/c1-11-3-4-13(14)9-12(11)10-16-7-2-5-15-6-8-16;1-2/h3-4,9,15H,2,5-8,10H2,1H3;1-2H3.